The molecule has 0 aromatic heterocycles. The van der Waals surface area contributed by atoms with Crippen LogP contribution in [0.15, 0.2) is 12.2 Å². The van der Waals surface area contributed by atoms with E-state index in [1.807, 2.05) is 12.2 Å². The molecule has 2 atom stereocenters. The molecule has 118 valence electrons. The SMILES string of the molecule is CO[C@@]12C=C[C@@H](c3c(Cl)c(Cl)c(Cl)c(Cl)c31)C1(C2)OCCO1. The molecule has 0 saturated carbocycles. The van der Waals surface area contributed by atoms with Crippen LogP contribution in [0.25, 0.3) is 0 Å². The molecule has 7 heteroatoms. The second-order valence-corrected chi connectivity index (χ2v) is 7.17. The molecule has 4 aliphatic rings. The maximum absolute atomic E-state index is 6.49. The molecule has 1 aromatic carbocycles. The average Bonchev–Trinajstić information content (AvgIpc) is 2.98. The van der Waals surface area contributed by atoms with E-state index in [1.54, 1.807) is 7.11 Å². The molecular formula is C15H12Cl4O3. The fraction of sp³-hybridized carbons (Fsp3) is 0.467. The van der Waals surface area contributed by atoms with Gasteiger partial charge in [0.2, 0.25) is 0 Å². The first-order valence-electron chi connectivity index (χ1n) is 6.84. The van der Waals surface area contributed by atoms with Crippen molar-refractivity contribution in [2.75, 3.05) is 20.3 Å². The van der Waals surface area contributed by atoms with E-state index in [0.717, 1.165) is 11.1 Å². The van der Waals surface area contributed by atoms with E-state index in [1.165, 1.54) is 0 Å². The van der Waals surface area contributed by atoms with Gasteiger partial charge >= 0.3 is 0 Å². The number of rotatable bonds is 1. The highest BCUT2D eigenvalue weighted by atomic mass is 35.5. The summed E-state index contributed by atoms with van der Waals surface area (Å²) in [5.74, 6) is -0.983. The van der Waals surface area contributed by atoms with Crippen LogP contribution in [0.4, 0.5) is 0 Å². The molecule has 0 N–H and O–H groups in total. The van der Waals surface area contributed by atoms with Crippen molar-refractivity contribution in [2.24, 2.45) is 0 Å². The van der Waals surface area contributed by atoms with Crippen LogP contribution < -0.4 is 0 Å². The monoisotopic (exact) mass is 380 g/mol. The zero-order valence-electron chi connectivity index (χ0n) is 11.6. The van der Waals surface area contributed by atoms with Crippen molar-refractivity contribution in [3.63, 3.8) is 0 Å². The lowest BCUT2D eigenvalue weighted by Crippen LogP contribution is -2.52. The molecular weight excluding hydrogens is 370 g/mol. The third-order valence-corrected chi connectivity index (χ3v) is 6.54. The highest BCUT2D eigenvalue weighted by Gasteiger charge is 2.60. The van der Waals surface area contributed by atoms with Gasteiger partial charge in [-0.2, -0.15) is 0 Å². The lowest BCUT2D eigenvalue weighted by Gasteiger charge is -2.51. The van der Waals surface area contributed by atoms with Gasteiger partial charge in [-0.15, -0.1) is 0 Å². The topological polar surface area (TPSA) is 27.7 Å². The Morgan fingerprint density at radius 1 is 1.05 bits per heavy atom. The average molecular weight is 382 g/mol. The fourth-order valence-corrected chi connectivity index (χ4v) is 4.91. The van der Waals surface area contributed by atoms with Crippen LogP contribution in [0.1, 0.15) is 23.5 Å². The predicted molar refractivity (Wildman–Crippen MR) is 86.3 cm³/mol. The first-order chi connectivity index (χ1) is 10.5. The summed E-state index contributed by atoms with van der Waals surface area (Å²) in [6, 6.07) is 0. The van der Waals surface area contributed by atoms with Crippen LogP contribution in [-0.2, 0) is 19.8 Å². The Morgan fingerprint density at radius 3 is 2.32 bits per heavy atom. The maximum atomic E-state index is 6.49. The van der Waals surface area contributed by atoms with E-state index in [-0.39, 0.29) is 16.0 Å². The maximum Gasteiger partial charge on any atom is 0.182 e. The summed E-state index contributed by atoms with van der Waals surface area (Å²) in [6.45, 7) is 1.07. The molecule has 2 bridgehead atoms. The van der Waals surface area contributed by atoms with Gasteiger partial charge in [-0.05, 0) is 5.56 Å². The minimum atomic E-state index is -0.790. The molecule has 22 heavy (non-hydrogen) atoms. The summed E-state index contributed by atoms with van der Waals surface area (Å²) in [6.07, 6.45) is 4.47. The highest BCUT2D eigenvalue weighted by molar-refractivity contribution is 6.52. The summed E-state index contributed by atoms with van der Waals surface area (Å²) in [5.41, 5.74) is 0.746. The summed E-state index contributed by atoms with van der Waals surface area (Å²) in [4.78, 5) is 0. The normalized spacial score (nSPS) is 31.0. The third kappa shape index (κ3) is 1.76. The van der Waals surface area contributed by atoms with Gasteiger partial charge in [0.05, 0.1) is 39.2 Å². The predicted octanol–water partition coefficient (Wildman–Crippen LogP) is 4.94. The number of hydrogen-bond acceptors (Lipinski definition) is 3. The Bertz CT molecular complexity index is 697. The van der Waals surface area contributed by atoms with Gasteiger partial charge in [0, 0.05) is 19.1 Å². The van der Waals surface area contributed by atoms with Crippen LogP contribution >= 0.6 is 46.4 Å². The van der Waals surface area contributed by atoms with Gasteiger partial charge in [-0.25, -0.2) is 0 Å². The molecule has 3 nitrogen and oxygen atoms in total. The summed E-state index contributed by atoms with van der Waals surface area (Å²) in [5, 5.41) is 1.23. The van der Waals surface area contributed by atoms with E-state index in [2.05, 4.69) is 0 Å². The van der Waals surface area contributed by atoms with Crippen LogP contribution in [0.5, 0.6) is 0 Å². The number of hydrogen-bond donors (Lipinski definition) is 0. The zero-order valence-corrected chi connectivity index (χ0v) is 14.6. The number of halogens is 4. The van der Waals surface area contributed by atoms with Crippen molar-refractivity contribution in [2.45, 2.75) is 23.7 Å². The molecule has 0 unspecified atom stereocenters. The van der Waals surface area contributed by atoms with Gasteiger partial charge in [0.1, 0.15) is 5.60 Å². The van der Waals surface area contributed by atoms with Crippen molar-refractivity contribution in [3.05, 3.63) is 43.4 Å². The molecule has 0 amide bonds. The molecule has 1 saturated heterocycles. The van der Waals surface area contributed by atoms with Crippen LogP contribution in [0, 0.1) is 0 Å². The van der Waals surface area contributed by atoms with Gasteiger partial charge in [-0.3, -0.25) is 0 Å². The van der Waals surface area contributed by atoms with E-state index >= 15 is 0 Å². The Morgan fingerprint density at radius 2 is 1.68 bits per heavy atom. The highest BCUT2D eigenvalue weighted by Crippen LogP contribution is 2.62. The molecule has 1 aliphatic heterocycles. The molecule has 5 rings (SSSR count). The molecule has 3 aliphatic carbocycles. The summed E-state index contributed by atoms with van der Waals surface area (Å²) < 4.78 is 17.7. The van der Waals surface area contributed by atoms with Gasteiger partial charge in [0.25, 0.3) is 0 Å². The minimum Gasteiger partial charge on any atom is -0.369 e. The zero-order chi connectivity index (χ0) is 15.7. The molecule has 1 heterocycles. The second-order valence-electron chi connectivity index (χ2n) is 5.66. The lowest BCUT2D eigenvalue weighted by atomic mass is 9.65. The minimum absolute atomic E-state index is 0.193. The summed E-state index contributed by atoms with van der Waals surface area (Å²) >= 11 is 25.4. The Labute approximate surface area is 148 Å². The Kier molecular flexibility index (Phi) is 3.53. The quantitative estimate of drug-likeness (QED) is 0.391. The molecule has 1 aromatic rings. The standard InChI is InChI=1S/C15H12Cl4O3/c1-20-14-3-2-7(15(6-14)21-4-5-22-15)8-9(14)11(17)13(19)12(18)10(8)16/h2-3,7H,4-6H2,1H3/t7-,14+/m0/s1. The fourth-order valence-electron chi connectivity index (χ4n) is 3.77. The van der Waals surface area contributed by atoms with E-state index in [4.69, 9.17) is 60.6 Å². The van der Waals surface area contributed by atoms with Crippen LogP contribution in [0.3, 0.4) is 0 Å². The van der Waals surface area contributed by atoms with Gasteiger partial charge in [-0.1, -0.05) is 58.6 Å². The Balaban J connectivity index is 2.06. The van der Waals surface area contributed by atoms with Crippen molar-refractivity contribution < 1.29 is 14.2 Å². The van der Waals surface area contributed by atoms with Gasteiger partial charge < -0.3 is 14.2 Å². The van der Waals surface area contributed by atoms with Crippen molar-refractivity contribution in [1.82, 2.24) is 0 Å². The van der Waals surface area contributed by atoms with Gasteiger partial charge in [0.15, 0.2) is 5.79 Å². The lowest BCUT2D eigenvalue weighted by molar-refractivity contribution is -0.215. The van der Waals surface area contributed by atoms with Crippen molar-refractivity contribution >= 4 is 46.4 Å². The van der Waals surface area contributed by atoms with E-state index < -0.39 is 11.4 Å². The first-order valence-corrected chi connectivity index (χ1v) is 8.36. The first kappa shape index (κ1) is 15.5. The number of methoxy groups -OCH3 is 1. The smallest absolute Gasteiger partial charge is 0.182 e. The van der Waals surface area contributed by atoms with E-state index in [9.17, 15) is 0 Å². The molecule has 1 fully saturated rings. The third-order valence-electron chi connectivity index (χ3n) is 4.72. The van der Waals surface area contributed by atoms with Crippen LogP contribution in [-0.4, -0.2) is 26.1 Å². The molecule has 0 radical (unpaired) electrons. The number of ether oxygens (including phenoxy) is 3. The molecule has 1 spiro atoms. The van der Waals surface area contributed by atoms with Crippen molar-refractivity contribution in [1.29, 1.82) is 0 Å². The Hall–Kier alpha value is -0.000000000000000153. The van der Waals surface area contributed by atoms with E-state index in [0.29, 0.717) is 29.7 Å². The summed E-state index contributed by atoms with van der Waals surface area (Å²) in [7, 11) is 1.62. The number of benzene rings is 1. The van der Waals surface area contributed by atoms with Crippen LogP contribution in [0.2, 0.25) is 20.1 Å². The second kappa shape index (κ2) is 5.00. The largest absolute Gasteiger partial charge is 0.369 e. The van der Waals surface area contributed by atoms with Crippen molar-refractivity contribution in [3.8, 4) is 0 Å².